The molecule has 1 aromatic heterocycles. The van der Waals surface area contributed by atoms with E-state index in [1.54, 1.807) is 6.08 Å². The van der Waals surface area contributed by atoms with E-state index in [4.69, 9.17) is 16.3 Å². The van der Waals surface area contributed by atoms with E-state index < -0.39 is 12.2 Å². The monoisotopic (exact) mass is 358 g/mol. The van der Waals surface area contributed by atoms with Crippen molar-refractivity contribution in [3.8, 4) is 11.3 Å². The van der Waals surface area contributed by atoms with Crippen LogP contribution in [0.25, 0.3) is 17.3 Å². The molecule has 2 atom stereocenters. The van der Waals surface area contributed by atoms with Crippen LogP contribution in [0.15, 0.2) is 30.3 Å². The lowest BCUT2D eigenvalue weighted by Crippen LogP contribution is -2.31. The van der Waals surface area contributed by atoms with Crippen LogP contribution in [0.4, 0.5) is 0 Å². The minimum Gasteiger partial charge on any atom is -0.458 e. The molecule has 5 nitrogen and oxygen atoms in total. The standard InChI is InChI=1S/C19H19ClN2O3/c1-11-17(8-7-16-9-15(23)10-18(24)25-16)19(22-12(2)21-11)13-3-5-14(20)6-4-13/h3-8,15-16,23H,9-10H2,1-2H3/b8-7-/t15-,16-/m1/s1. The van der Waals surface area contributed by atoms with Gasteiger partial charge in [0.25, 0.3) is 0 Å². The lowest BCUT2D eigenvalue weighted by atomic mass is 10.0. The molecule has 130 valence electrons. The molecule has 2 heterocycles. The number of halogens is 1. The van der Waals surface area contributed by atoms with Crippen molar-refractivity contribution in [1.82, 2.24) is 9.97 Å². The summed E-state index contributed by atoms with van der Waals surface area (Å²) in [6, 6.07) is 7.45. The predicted molar refractivity (Wildman–Crippen MR) is 96.1 cm³/mol. The first-order valence-electron chi connectivity index (χ1n) is 8.09. The van der Waals surface area contributed by atoms with Crippen LogP contribution >= 0.6 is 11.6 Å². The van der Waals surface area contributed by atoms with Gasteiger partial charge >= 0.3 is 5.97 Å². The molecule has 6 heteroatoms. The van der Waals surface area contributed by atoms with Crippen molar-refractivity contribution in [1.29, 1.82) is 0 Å². The fourth-order valence-corrected chi connectivity index (χ4v) is 3.00. The smallest absolute Gasteiger partial charge is 0.309 e. The average Bonchev–Trinajstić information content (AvgIpc) is 2.53. The second-order valence-corrected chi connectivity index (χ2v) is 6.54. The van der Waals surface area contributed by atoms with Gasteiger partial charge in [0.1, 0.15) is 11.9 Å². The number of carbonyl (C=O) groups excluding carboxylic acids is 1. The van der Waals surface area contributed by atoms with Crippen LogP contribution in [-0.2, 0) is 9.53 Å². The molecular formula is C19H19ClN2O3. The number of ether oxygens (including phenoxy) is 1. The molecule has 2 aromatic rings. The van der Waals surface area contributed by atoms with E-state index in [2.05, 4.69) is 9.97 Å². The van der Waals surface area contributed by atoms with Crippen LogP contribution in [0.1, 0.15) is 29.9 Å². The van der Waals surface area contributed by atoms with Gasteiger partial charge in [0, 0.05) is 28.3 Å². The molecule has 1 aliphatic rings. The molecule has 25 heavy (non-hydrogen) atoms. The summed E-state index contributed by atoms with van der Waals surface area (Å²) in [6.45, 7) is 3.76. The van der Waals surface area contributed by atoms with E-state index in [0.717, 1.165) is 22.5 Å². The summed E-state index contributed by atoms with van der Waals surface area (Å²) in [5.74, 6) is 0.294. The molecular weight excluding hydrogens is 340 g/mol. The maximum absolute atomic E-state index is 11.5. The Hall–Kier alpha value is -2.24. The number of aliphatic hydroxyl groups is 1. The van der Waals surface area contributed by atoms with Crippen molar-refractivity contribution in [3.05, 3.63) is 52.4 Å². The van der Waals surface area contributed by atoms with Crippen molar-refractivity contribution in [2.24, 2.45) is 0 Å². The van der Waals surface area contributed by atoms with Crippen LogP contribution < -0.4 is 0 Å². The zero-order valence-corrected chi connectivity index (χ0v) is 14.8. The van der Waals surface area contributed by atoms with Crippen molar-refractivity contribution >= 4 is 23.6 Å². The van der Waals surface area contributed by atoms with Crippen LogP contribution in [-0.4, -0.2) is 33.3 Å². The Labute approximate surface area is 151 Å². The van der Waals surface area contributed by atoms with Gasteiger partial charge in [0.05, 0.1) is 18.2 Å². The van der Waals surface area contributed by atoms with Gasteiger partial charge in [-0.15, -0.1) is 0 Å². The van der Waals surface area contributed by atoms with Crippen LogP contribution in [0.2, 0.25) is 5.02 Å². The third-order valence-electron chi connectivity index (χ3n) is 4.03. The highest BCUT2D eigenvalue weighted by atomic mass is 35.5. The molecule has 1 saturated heterocycles. The lowest BCUT2D eigenvalue weighted by Gasteiger charge is -2.23. The first-order valence-corrected chi connectivity index (χ1v) is 8.47. The summed E-state index contributed by atoms with van der Waals surface area (Å²) in [5.41, 5.74) is 3.40. The number of aryl methyl sites for hydroxylation is 2. The van der Waals surface area contributed by atoms with Gasteiger partial charge in [0.15, 0.2) is 0 Å². The summed E-state index contributed by atoms with van der Waals surface area (Å²) in [6.07, 6.45) is 2.96. The van der Waals surface area contributed by atoms with E-state index >= 15 is 0 Å². The third kappa shape index (κ3) is 4.24. The molecule has 1 aliphatic heterocycles. The summed E-state index contributed by atoms with van der Waals surface area (Å²) < 4.78 is 5.26. The maximum Gasteiger partial charge on any atom is 0.309 e. The molecule has 0 amide bonds. The lowest BCUT2D eigenvalue weighted by molar-refractivity contribution is -0.156. The number of nitrogens with zero attached hydrogens (tertiary/aromatic N) is 2. The molecule has 0 radical (unpaired) electrons. The third-order valence-corrected chi connectivity index (χ3v) is 4.28. The zero-order chi connectivity index (χ0) is 18.0. The summed E-state index contributed by atoms with van der Waals surface area (Å²) >= 11 is 5.97. The van der Waals surface area contributed by atoms with Crippen molar-refractivity contribution in [2.45, 2.75) is 38.9 Å². The number of cyclic esters (lactones) is 1. The van der Waals surface area contributed by atoms with Gasteiger partial charge in [0.2, 0.25) is 0 Å². The number of aromatic nitrogens is 2. The molecule has 1 aromatic carbocycles. The average molecular weight is 359 g/mol. The Morgan fingerprint density at radius 3 is 2.64 bits per heavy atom. The Kier molecular flexibility index (Phi) is 5.16. The topological polar surface area (TPSA) is 72.3 Å². The molecule has 1 fully saturated rings. The SMILES string of the molecule is Cc1nc(C)c(/C=C\[C@@H]2C[C@@H](O)CC(=O)O2)c(-c2ccc(Cl)cc2)n1. The number of rotatable bonds is 3. The number of hydrogen-bond acceptors (Lipinski definition) is 5. The Morgan fingerprint density at radius 2 is 1.96 bits per heavy atom. The number of benzene rings is 1. The molecule has 0 spiro atoms. The van der Waals surface area contributed by atoms with Crippen molar-refractivity contribution in [3.63, 3.8) is 0 Å². The molecule has 0 saturated carbocycles. The highest BCUT2D eigenvalue weighted by molar-refractivity contribution is 6.30. The first kappa shape index (κ1) is 17.6. The van der Waals surface area contributed by atoms with E-state index in [0.29, 0.717) is 17.3 Å². The van der Waals surface area contributed by atoms with E-state index in [-0.39, 0.29) is 12.4 Å². The molecule has 1 N–H and O–H groups in total. The number of aliphatic hydroxyl groups excluding tert-OH is 1. The highest BCUT2D eigenvalue weighted by Crippen LogP contribution is 2.27. The van der Waals surface area contributed by atoms with Gasteiger partial charge in [-0.25, -0.2) is 9.97 Å². The van der Waals surface area contributed by atoms with Crippen molar-refractivity contribution < 1.29 is 14.6 Å². The molecule has 0 aliphatic carbocycles. The Morgan fingerprint density at radius 1 is 1.24 bits per heavy atom. The Bertz CT molecular complexity index is 818. The fraction of sp³-hybridized carbons (Fsp3) is 0.316. The van der Waals surface area contributed by atoms with Gasteiger partial charge in [-0.2, -0.15) is 0 Å². The normalized spacial score (nSPS) is 20.7. The predicted octanol–water partition coefficient (Wildman–Crippen LogP) is 3.49. The maximum atomic E-state index is 11.5. The quantitative estimate of drug-likeness (QED) is 0.850. The second-order valence-electron chi connectivity index (χ2n) is 6.11. The second kappa shape index (κ2) is 7.33. The zero-order valence-electron chi connectivity index (χ0n) is 14.1. The fourth-order valence-electron chi connectivity index (χ4n) is 2.88. The van der Waals surface area contributed by atoms with Gasteiger partial charge in [-0.05, 0) is 32.1 Å². The molecule has 0 bridgehead atoms. The minimum absolute atomic E-state index is 0.0486. The van der Waals surface area contributed by atoms with Crippen LogP contribution in [0, 0.1) is 13.8 Å². The van der Waals surface area contributed by atoms with Crippen LogP contribution in [0.3, 0.4) is 0 Å². The van der Waals surface area contributed by atoms with E-state index in [9.17, 15) is 9.90 Å². The minimum atomic E-state index is -0.665. The summed E-state index contributed by atoms with van der Waals surface area (Å²) in [4.78, 5) is 20.5. The molecule has 0 unspecified atom stereocenters. The van der Waals surface area contributed by atoms with Crippen LogP contribution in [0.5, 0.6) is 0 Å². The largest absolute Gasteiger partial charge is 0.458 e. The first-order chi connectivity index (χ1) is 11.9. The van der Waals surface area contributed by atoms with E-state index in [1.807, 2.05) is 44.2 Å². The summed E-state index contributed by atoms with van der Waals surface area (Å²) in [7, 11) is 0. The molecule has 3 rings (SSSR count). The van der Waals surface area contributed by atoms with Crippen molar-refractivity contribution in [2.75, 3.05) is 0 Å². The van der Waals surface area contributed by atoms with E-state index in [1.165, 1.54) is 0 Å². The van der Waals surface area contributed by atoms with Gasteiger partial charge in [-0.1, -0.05) is 29.8 Å². The number of carbonyl (C=O) groups is 1. The Balaban J connectivity index is 1.96. The number of esters is 1. The number of hydrogen-bond donors (Lipinski definition) is 1. The highest BCUT2D eigenvalue weighted by Gasteiger charge is 2.25. The van der Waals surface area contributed by atoms with Gasteiger partial charge < -0.3 is 9.84 Å². The summed E-state index contributed by atoms with van der Waals surface area (Å²) in [5, 5.41) is 10.4. The van der Waals surface area contributed by atoms with Gasteiger partial charge in [-0.3, -0.25) is 4.79 Å².